The third-order valence-corrected chi connectivity index (χ3v) is 5.14. The smallest absolute Gasteiger partial charge is 0.238 e. The Morgan fingerprint density at radius 3 is 2.32 bits per heavy atom. The first kappa shape index (κ1) is 20.5. The molecule has 0 aliphatic carbocycles. The van der Waals surface area contributed by atoms with E-state index in [0.717, 1.165) is 17.2 Å². The summed E-state index contributed by atoms with van der Waals surface area (Å²) in [6.07, 6.45) is 0. The number of amides is 2. The molecule has 0 saturated heterocycles. The Morgan fingerprint density at radius 2 is 1.64 bits per heavy atom. The third-order valence-electron chi connectivity index (χ3n) is 3.97. The summed E-state index contributed by atoms with van der Waals surface area (Å²) >= 11 is 13.2. The van der Waals surface area contributed by atoms with Crippen LogP contribution in [0.3, 0.4) is 0 Å². The molecule has 0 fully saturated rings. The lowest BCUT2D eigenvalue weighted by atomic mass is 10.2. The van der Waals surface area contributed by atoms with Crippen molar-refractivity contribution in [2.45, 2.75) is 6.92 Å². The van der Waals surface area contributed by atoms with Gasteiger partial charge in [-0.05, 0) is 30.8 Å². The molecular weight excluding hydrogens is 421 g/mol. The standard InChI is InChI=1S/C18H17Cl2N5O2S/c1-2-25(10-16(27)22-17-11(19)5-3-6-12(17)20)9-15(26)21-13-7-4-8-14-18(13)24-28-23-14/h3-8H,2,9-10H2,1H3,(H,21,26)(H,22,27). The van der Waals surface area contributed by atoms with Gasteiger partial charge in [0.15, 0.2) is 0 Å². The lowest BCUT2D eigenvalue weighted by Crippen LogP contribution is -2.38. The molecule has 0 aliphatic heterocycles. The van der Waals surface area contributed by atoms with Gasteiger partial charge in [0.05, 0.1) is 46.2 Å². The zero-order valence-corrected chi connectivity index (χ0v) is 17.2. The van der Waals surface area contributed by atoms with Gasteiger partial charge in [-0.3, -0.25) is 14.5 Å². The van der Waals surface area contributed by atoms with Gasteiger partial charge >= 0.3 is 0 Å². The van der Waals surface area contributed by atoms with Crippen molar-refractivity contribution in [3.8, 4) is 0 Å². The van der Waals surface area contributed by atoms with Crippen molar-refractivity contribution in [3.63, 3.8) is 0 Å². The summed E-state index contributed by atoms with van der Waals surface area (Å²) in [4.78, 5) is 26.5. The van der Waals surface area contributed by atoms with E-state index in [1.54, 1.807) is 35.2 Å². The molecule has 0 radical (unpaired) electrons. The topological polar surface area (TPSA) is 87.2 Å². The maximum atomic E-state index is 12.4. The Bertz CT molecular complexity index is 990. The van der Waals surface area contributed by atoms with Crippen molar-refractivity contribution in [2.24, 2.45) is 0 Å². The second kappa shape index (κ2) is 9.29. The van der Waals surface area contributed by atoms with Crippen LogP contribution in [0.1, 0.15) is 6.92 Å². The van der Waals surface area contributed by atoms with Crippen LogP contribution in [0.4, 0.5) is 11.4 Å². The highest BCUT2D eigenvalue weighted by Crippen LogP contribution is 2.29. The molecule has 2 amide bonds. The Kier molecular flexibility index (Phi) is 6.79. The Hall–Kier alpha value is -2.26. The predicted molar refractivity (Wildman–Crippen MR) is 113 cm³/mol. The maximum Gasteiger partial charge on any atom is 0.238 e. The van der Waals surface area contributed by atoms with E-state index in [4.69, 9.17) is 23.2 Å². The average molecular weight is 438 g/mol. The van der Waals surface area contributed by atoms with Crippen molar-refractivity contribution < 1.29 is 9.59 Å². The number of carbonyl (C=O) groups is 2. The fourth-order valence-electron chi connectivity index (χ4n) is 2.58. The number of rotatable bonds is 7. The summed E-state index contributed by atoms with van der Waals surface area (Å²) in [5.41, 5.74) is 2.33. The molecule has 0 unspecified atom stereocenters. The summed E-state index contributed by atoms with van der Waals surface area (Å²) in [6, 6.07) is 10.4. The van der Waals surface area contributed by atoms with Crippen LogP contribution < -0.4 is 10.6 Å². The Labute approximate surface area is 176 Å². The summed E-state index contributed by atoms with van der Waals surface area (Å²) in [6.45, 7) is 2.45. The fourth-order valence-corrected chi connectivity index (χ4v) is 3.62. The van der Waals surface area contributed by atoms with Crippen molar-refractivity contribution in [1.82, 2.24) is 13.6 Å². The largest absolute Gasteiger partial charge is 0.323 e. The number of anilines is 2. The molecule has 0 saturated carbocycles. The van der Waals surface area contributed by atoms with Crippen LogP contribution in [-0.2, 0) is 9.59 Å². The molecular formula is C18H17Cl2N5O2S. The molecule has 2 N–H and O–H groups in total. The van der Waals surface area contributed by atoms with Crippen LogP contribution in [0, 0.1) is 0 Å². The molecule has 0 spiro atoms. The van der Waals surface area contributed by atoms with E-state index in [1.807, 2.05) is 13.0 Å². The maximum absolute atomic E-state index is 12.4. The fraction of sp³-hybridized carbons (Fsp3) is 0.222. The van der Waals surface area contributed by atoms with Crippen molar-refractivity contribution in [3.05, 3.63) is 46.4 Å². The van der Waals surface area contributed by atoms with Gasteiger partial charge in [-0.2, -0.15) is 8.75 Å². The van der Waals surface area contributed by atoms with Gasteiger partial charge in [-0.25, -0.2) is 0 Å². The van der Waals surface area contributed by atoms with Gasteiger partial charge in [-0.15, -0.1) is 0 Å². The van der Waals surface area contributed by atoms with Crippen molar-refractivity contribution >= 4 is 69.2 Å². The van der Waals surface area contributed by atoms with Crippen molar-refractivity contribution in [2.75, 3.05) is 30.3 Å². The minimum absolute atomic E-state index is 0.0218. The molecule has 0 aliphatic rings. The molecule has 3 aromatic rings. The minimum atomic E-state index is -0.310. The molecule has 10 heteroatoms. The van der Waals surface area contributed by atoms with Gasteiger partial charge in [0, 0.05) is 0 Å². The number of halogens is 2. The number of carbonyl (C=O) groups excluding carboxylic acids is 2. The molecule has 7 nitrogen and oxygen atoms in total. The Morgan fingerprint density at radius 1 is 1.00 bits per heavy atom. The van der Waals surface area contributed by atoms with Crippen LogP contribution in [0.25, 0.3) is 11.0 Å². The van der Waals surface area contributed by atoms with Crippen LogP contribution in [-0.4, -0.2) is 45.1 Å². The number of aromatic nitrogens is 2. The van der Waals surface area contributed by atoms with Gasteiger partial charge < -0.3 is 10.6 Å². The summed E-state index contributed by atoms with van der Waals surface area (Å²) in [5, 5.41) is 6.23. The second-order valence-corrected chi connectivity index (χ2v) is 7.28. The van der Waals surface area contributed by atoms with E-state index in [0.29, 0.717) is 33.5 Å². The van der Waals surface area contributed by atoms with E-state index < -0.39 is 0 Å². The number of benzene rings is 2. The average Bonchev–Trinajstić information content (AvgIpc) is 3.14. The van der Waals surface area contributed by atoms with E-state index >= 15 is 0 Å². The second-order valence-electron chi connectivity index (χ2n) is 5.93. The summed E-state index contributed by atoms with van der Waals surface area (Å²) in [7, 11) is 0. The zero-order chi connectivity index (χ0) is 20.1. The minimum Gasteiger partial charge on any atom is -0.323 e. The molecule has 3 rings (SSSR count). The number of fused-ring (bicyclic) bond motifs is 1. The lowest BCUT2D eigenvalue weighted by Gasteiger charge is -2.20. The first-order chi connectivity index (χ1) is 13.5. The number of likely N-dealkylation sites (N-methyl/N-ethyl adjacent to an activating group) is 1. The molecule has 1 heterocycles. The lowest BCUT2D eigenvalue weighted by molar-refractivity contribution is -0.119. The van der Waals surface area contributed by atoms with Crippen molar-refractivity contribution in [1.29, 1.82) is 0 Å². The van der Waals surface area contributed by atoms with E-state index in [2.05, 4.69) is 19.4 Å². The number of hydrogen-bond donors (Lipinski definition) is 2. The zero-order valence-electron chi connectivity index (χ0n) is 14.9. The van der Waals surface area contributed by atoms with Gasteiger partial charge in [0.1, 0.15) is 11.0 Å². The number of nitrogens with one attached hydrogen (secondary N) is 2. The quantitative estimate of drug-likeness (QED) is 0.585. The Balaban J connectivity index is 1.60. The van der Waals surface area contributed by atoms with E-state index in [1.165, 1.54) is 0 Å². The molecule has 0 bridgehead atoms. The van der Waals surface area contributed by atoms with Crippen LogP contribution in [0.15, 0.2) is 36.4 Å². The highest BCUT2D eigenvalue weighted by atomic mass is 35.5. The highest BCUT2D eigenvalue weighted by Gasteiger charge is 2.16. The van der Waals surface area contributed by atoms with E-state index in [-0.39, 0.29) is 24.9 Å². The number of hydrogen-bond acceptors (Lipinski definition) is 6. The monoisotopic (exact) mass is 437 g/mol. The SMILES string of the molecule is CCN(CC(=O)Nc1c(Cl)cccc1Cl)CC(=O)Nc1cccc2nsnc12. The third kappa shape index (κ3) is 4.96. The molecule has 146 valence electrons. The first-order valence-electron chi connectivity index (χ1n) is 8.45. The van der Waals surface area contributed by atoms with Crippen LogP contribution >= 0.6 is 34.9 Å². The molecule has 0 atom stereocenters. The van der Waals surface area contributed by atoms with Gasteiger partial charge in [0.25, 0.3) is 0 Å². The first-order valence-corrected chi connectivity index (χ1v) is 9.94. The number of nitrogens with zero attached hydrogens (tertiary/aromatic N) is 3. The van der Waals surface area contributed by atoms with Gasteiger partial charge in [0.2, 0.25) is 11.8 Å². The normalized spacial score (nSPS) is 11.0. The molecule has 28 heavy (non-hydrogen) atoms. The molecule has 1 aromatic heterocycles. The summed E-state index contributed by atoms with van der Waals surface area (Å²) in [5.74, 6) is -0.554. The van der Waals surface area contributed by atoms with Gasteiger partial charge in [-0.1, -0.05) is 42.3 Å². The van der Waals surface area contributed by atoms with E-state index in [9.17, 15) is 9.59 Å². The van der Waals surface area contributed by atoms with Crippen LogP contribution in [0.2, 0.25) is 10.0 Å². The number of para-hydroxylation sites is 1. The molecule has 2 aromatic carbocycles. The van der Waals surface area contributed by atoms with Crippen LogP contribution in [0.5, 0.6) is 0 Å². The predicted octanol–water partition coefficient (Wildman–Crippen LogP) is 3.90. The highest BCUT2D eigenvalue weighted by molar-refractivity contribution is 7.00. The summed E-state index contributed by atoms with van der Waals surface area (Å²) < 4.78 is 8.35.